The number of allylic oxidation sites excluding steroid dienone is 2. The van der Waals surface area contributed by atoms with Crippen molar-refractivity contribution in [1.82, 2.24) is 0 Å². The second-order valence-corrected chi connectivity index (χ2v) is 9.48. The number of ether oxygens (including phenoxy) is 2. The zero-order valence-corrected chi connectivity index (χ0v) is 18.7. The van der Waals surface area contributed by atoms with Gasteiger partial charge < -0.3 is 29.9 Å². The van der Waals surface area contributed by atoms with Crippen LogP contribution in [-0.4, -0.2) is 73.8 Å². The van der Waals surface area contributed by atoms with Crippen LogP contribution in [0.15, 0.2) is 47.6 Å². The van der Waals surface area contributed by atoms with Crippen molar-refractivity contribution in [2.45, 2.75) is 62.7 Å². The fourth-order valence-electron chi connectivity index (χ4n) is 5.50. The minimum atomic E-state index is -3.04. The number of ketones is 3. The number of fused-ring (bicyclic) bond motifs is 3. The minimum absolute atomic E-state index is 0.0546. The molecule has 5 rings (SSSR count). The molecule has 1 saturated heterocycles. The Balaban J connectivity index is 1.72. The summed E-state index contributed by atoms with van der Waals surface area (Å²) < 4.78 is 11.9. The monoisotopic (exact) mass is 470 g/mol. The van der Waals surface area contributed by atoms with Crippen LogP contribution in [-0.2, 0) is 14.3 Å². The first-order chi connectivity index (χ1) is 16.0. The van der Waals surface area contributed by atoms with E-state index in [9.17, 15) is 34.8 Å². The van der Waals surface area contributed by atoms with Gasteiger partial charge in [-0.25, -0.2) is 0 Å². The molecule has 9 nitrogen and oxygen atoms in total. The Labute approximate surface area is 195 Å². The van der Waals surface area contributed by atoms with Crippen LogP contribution in [0.5, 0.6) is 0 Å². The Bertz CT molecular complexity index is 1150. The number of carbonyl (C=O) groups is 3. The number of hydrogen-bond acceptors (Lipinski definition) is 9. The largest absolute Gasteiger partial charge is 0.392 e. The van der Waals surface area contributed by atoms with Gasteiger partial charge in [0.2, 0.25) is 11.6 Å². The lowest BCUT2D eigenvalue weighted by Crippen LogP contribution is -2.72. The third-order valence-electron chi connectivity index (χ3n) is 7.58. The molecule has 1 aliphatic heterocycles. The molecule has 7 unspecified atom stereocenters. The molecule has 1 saturated carbocycles. The van der Waals surface area contributed by atoms with Crippen LogP contribution in [0.1, 0.15) is 47.4 Å². The molecule has 7 atom stereocenters. The molecule has 180 valence electrons. The number of aliphatic hydroxyl groups excluding tert-OH is 2. The molecule has 34 heavy (non-hydrogen) atoms. The number of rotatable bonds is 2. The zero-order chi connectivity index (χ0) is 24.6. The third kappa shape index (κ3) is 2.98. The average Bonchev–Trinajstić information content (AvgIpc) is 2.82. The van der Waals surface area contributed by atoms with E-state index >= 15 is 0 Å². The summed E-state index contributed by atoms with van der Waals surface area (Å²) in [4.78, 5) is 40.9. The van der Waals surface area contributed by atoms with Gasteiger partial charge in [0.1, 0.15) is 0 Å². The third-order valence-corrected chi connectivity index (χ3v) is 7.58. The molecule has 0 bridgehead atoms. The Morgan fingerprint density at radius 3 is 2.29 bits per heavy atom. The van der Waals surface area contributed by atoms with Crippen molar-refractivity contribution in [2.75, 3.05) is 0 Å². The summed E-state index contributed by atoms with van der Waals surface area (Å²) >= 11 is 0. The van der Waals surface area contributed by atoms with E-state index < -0.39 is 65.2 Å². The fraction of sp³-hybridized carbons (Fsp3) is 0.480. The van der Waals surface area contributed by atoms with E-state index in [-0.39, 0.29) is 35.1 Å². The molecule has 1 heterocycles. The van der Waals surface area contributed by atoms with Gasteiger partial charge in [0.15, 0.2) is 23.5 Å². The Morgan fingerprint density at radius 2 is 1.65 bits per heavy atom. The molecule has 0 radical (unpaired) electrons. The topological polar surface area (TPSA) is 151 Å². The van der Waals surface area contributed by atoms with E-state index in [0.29, 0.717) is 0 Å². The molecule has 3 aliphatic carbocycles. The van der Waals surface area contributed by atoms with Gasteiger partial charge in [0.25, 0.3) is 0 Å². The smallest absolute Gasteiger partial charge is 0.232 e. The lowest BCUT2D eigenvalue weighted by atomic mass is 9.57. The maximum Gasteiger partial charge on any atom is 0.232 e. The Hall–Kier alpha value is -2.53. The van der Waals surface area contributed by atoms with Crippen molar-refractivity contribution in [3.8, 4) is 0 Å². The number of benzene rings is 1. The highest BCUT2D eigenvalue weighted by molar-refractivity contribution is 6.31. The maximum absolute atomic E-state index is 13.8. The highest BCUT2D eigenvalue weighted by Crippen LogP contribution is 2.52. The van der Waals surface area contributed by atoms with Crippen LogP contribution < -0.4 is 0 Å². The Morgan fingerprint density at radius 1 is 1.00 bits per heavy atom. The quantitative estimate of drug-likeness (QED) is 0.452. The number of carbonyl (C=O) groups excluding carboxylic acids is 3. The van der Waals surface area contributed by atoms with Gasteiger partial charge in [0, 0.05) is 35.0 Å². The van der Waals surface area contributed by atoms with Crippen molar-refractivity contribution >= 4 is 17.3 Å². The standard InChI is InChI=1S/C25H26O9/c1-11-20(27)16-8-7-15-19(22(29)14-6-4-3-5-13(14)21(15)28)24(16,23(30)25(11,31)32)34-18-10-9-17(26)12(2)33-18/h3-8,11-12,16-18,20,26-27,31-32H,9-10H2,1-2H3. The molecule has 0 aromatic heterocycles. The zero-order valence-electron chi connectivity index (χ0n) is 18.7. The van der Waals surface area contributed by atoms with E-state index in [1.165, 1.54) is 31.2 Å². The maximum atomic E-state index is 13.8. The number of aliphatic hydroxyl groups is 4. The van der Waals surface area contributed by atoms with Gasteiger partial charge in [-0.05, 0) is 13.3 Å². The van der Waals surface area contributed by atoms with Crippen molar-refractivity contribution in [3.63, 3.8) is 0 Å². The molecular weight excluding hydrogens is 444 g/mol. The van der Waals surface area contributed by atoms with Crippen LogP contribution in [0.2, 0.25) is 0 Å². The van der Waals surface area contributed by atoms with Gasteiger partial charge in [-0.1, -0.05) is 43.3 Å². The van der Waals surface area contributed by atoms with Crippen LogP contribution in [0.3, 0.4) is 0 Å². The van der Waals surface area contributed by atoms with E-state index in [1.807, 2.05) is 0 Å². The summed E-state index contributed by atoms with van der Waals surface area (Å²) in [6.07, 6.45) is -0.799. The minimum Gasteiger partial charge on any atom is -0.392 e. The predicted octanol–water partition coefficient (Wildman–Crippen LogP) is 0.450. The van der Waals surface area contributed by atoms with Crippen molar-refractivity contribution < 1.29 is 44.3 Å². The second-order valence-electron chi connectivity index (χ2n) is 9.48. The predicted molar refractivity (Wildman–Crippen MR) is 115 cm³/mol. The molecule has 4 N–H and O–H groups in total. The molecule has 0 spiro atoms. The summed E-state index contributed by atoms with van der Waals surface area (Å²) in [6.45, 7) is 2.93. The molecular formula is C25H26O9. The Kier molecular flexibility index (Phi) is 5.29. The van der Waals surface area contributed by atoms with Crippen LogP contribution in [0.4, 0.5) is 0 Å². The molecule has 1 aromatic carbocycles. The van der Waals surface area contributed by atoms with E-state index in [0.717, 1.165) is 0 Å². The van der Waals surface area contributed by atoms with E-state index in [2.05, 4.69) is 0 Å². The van der Waals surface area contributed by atoms with Gasteiger partial charge >= 0.3 is 0 Å². The summed E-state index contributed by atoms with van der Waals surface area (Å²) in [5.74, 6) is -7.97. The molecule has 9 heteroatoms. The average molecular weight is 470 g/mol. The van der Waals surface area contributed by atoms with Crippen molar-refractivity contribution in [2.24, 2.45) is 11.8 Å². The second kappa shape index (κ2) is 7.74. The highest BCUT2D eigenvalue weighted by Gasteiger charge is 2.69. The molecule has 1 aromatic rings. The molecule has 4 aliphatic rings. The lowest BCUT2D eigenvalue weighted by molar-refractivity contribution is -0.294. The number of Topliss-reactive ketones (excluding diaryl/α,β-unsaturated/α-hetero) is 3. The first kappa shape index (κ1) is 23.2. The molecule has 2 fully saturated rings. The van der Waals surface area contributed by atoms with Crippen molar-refractivity contribution in [1.29, 1.82) is 0 Å². The van der Waals surface area contributed by atoms with Crippen molar-refractivity contribution in [3.05, 3.63) is 58.7 Å². The normalized spacial score (nSPS) is 38.9. The van der Waals surface area contributed by atoms with Gasteiger partial charge in [-0.2, -0.15) is 0 Å². The van der Waals surface area contributed by atoms with Crippen LogP contribution >= 0.6 is 0 Å². The molecule has 0 amide bonds. The highest BCUT2D eigenvalue weighted by atomic mass is 16.7. The first-order valence-corrected chi connectivity index (χ1v) is 11.3. The number of hydrogen-bond donors (Lipinski definition) is 4. The van der Waals surface area contributed by atoms with Crippen LogP contribution in [0.25, 0.3) is 0 Å². The summed E-state index contributed by atoms with van der Waals surface area (Å²) in [6, 6.07) is 6.15. The van der Waals surface area contributed by atoms with E-state index in [1.54, 1.807) is 19.1 Å². The fourth-order valence-corrected chi connectivity index (χ4v) is 5.50. The van der Waals surface area contributed by atoms with Gasteiger partial charge in [-0.3, -0.25) is 14.4 Å². The lowest BCUT2D eigenvalue weighted by Gasteiger charge is -2.54. The SMILES string of the molecule is CC1OC(OC23C(=O)C(O)(O)C(C)C(O)C2C=CC2=C3C(=O)c3ccccc3C2=O)CCC1O. The summed E-state index contributed by atoms with van der Waals surface area (Å²) in [5.41, 5.74) is -2.61. The summed E-state index contributed by atoms with van der Waals surface area (Å²) in [5, 5.41) is 42.7. The van der Waals surface area contributed by atoms with Gasteiger partial charge in [-0.15, -0.1) is 0 Å². The van der Waals surface area contributed by atoms with E-state index in [4.69, 9.17) is 9.47 Å². The summed E-state index contributed by atoms with van der Waals surface area (Å²) in [7, 11) is 0. The van der Waals surface area contributed by atoms with Gasteiger partial charge in [0.05, 0.1) is 23.9 Å². The van der Waals surface area contributed by atoms with Crippen LogP contribution in [0, 0.1) is 11.8 Å². The first-order valence-electron chi connectivity index (χ1n) is 11.3.